The van der Waals surface area contributed by atoms with E-state index in [1.54, 1.807) is 0 Å². The van der Waals surface area contributed by atoms with Gasteiger partial charge in [0.25, 0.3) is 0 Å². The van der Waals surface area contributed by atoms with Crippen LogP contribution >= 0.6 is 0 Å². The number of rotatable bonds is 6. The van der Waals surface area contributed by atoms with Crippen LogP contribution in [0.2, 0.25) is 0 Å². The van der Waals surface area contributed by atoms with Crippen molar-refractivity contribution >= 4 is 5.91 Å². The number of benzene rings is 1. The normalized spacial score (nSPS) is 15.3. The van der Waals surface area contributed by atoms with Crippen molar-refractivity contribution in [3.63, 3.8) is 0 Å². The van der Waals surface area contributed by atoms with E-state index >= 15 is 0 Å². The Morgan fingerprint density at radius 2 is 1.92 bits per heavy atom. The van der Waals surface area contributed by atoms with Crippen LogP contribution in [0.5, 0.6) is 0 Å². The highest BCUT2D eigenvalue weighted by Crippen LogP contribution is 2.16. The maximum atomic E-state index is 12.1. The van der Waals surface area contributed by atoms with Gasteiger partial charge in [0.2, 0.25) is 5.91 Å². The summed E-state index contributed by atoms with van der Waals surface area (Å²) in [6.07, 6.45) is 4.52. The number of likely N-dealkylation sites (tertiary alicyclic amines) is 1. The molecule has 128 valence electrons. The SMILES string of the molecule is CC(C)n1nc(CCc2ccccc2)nc1CN1CCCCC1=O. The molecule has 2 aromatic rings. The van der Waals surface area contributed by atoms with Gasteiger partial charge in [-0.1, -0.05) is 30.3 Å². The molecule has 0 saturated carbocycles. The Morgan fingerprint density at radius 3 is 2.62 bits per heavy atom. The lowest BCUT2D eigenvalue weighted by atomic mass is 10.1. The van der Waals surface area contributed by atoms with Crippen molar-refractivity contribution in [3.8, 4) is 0 Å². The summed E-state index contributed by atoms with van der Waals surface area (Å²) >= 11 is 0. The van der Waals surface area contributed by atoms with Gasteiger partial charge in [0.05, 0.1) is 6.54 Å². The fraction of sp³-hybridized carbons (Fsp3) is 0.526. The predicted molar refractivity (Wildman–Crippen MR) is 93.5 cm³/mol. The molecule has 0 N–H and O–H groups in total. The van der Waals surface area contributed by atoms with Crippen LogP contribution in [0.15, 0.2) is 30.3 Å². The highest BCUT2D eigenvalue weighted by molar-refractivity contribution is 5.76. The molecule has 1 saturated heterocycles. The molecule has 1 aromatic heterocycles. The molecular weight excluding hydrogens is 300 g/mol. The third-order valence-electron chi connectivity index (χ3n) is 4.47. The van der Waals surface area contributed by atoms with E-state index in [2.05, 4.69) is 43.2 Å². The van der Waals surface area contributed by atoms with Crippen LogP contribution in [0.3, 0.4) is 0 Å². The van der Waals surface area contributed by atoms with E-state index in [0.29, 0.717) is 13.0 Å². The van der Waals surface area contributed by atoms with E-state index in [-0.39, 0.29) is 11.9 Å². The summed E-state index contributed by atoms with van der Waals surface area (Å²) in [5.74, 6) is 2.01. The van der Waals surface area contributed by atoms with Gasteiger partial charge in [0, 0.05) is 25.4 Å². The summed E-state index contributed by atoms with van der Waals surface area (Å²) in [6, 6.07) is 10.7. The lowest BCUT2D eigenvalue weighted by Crippen LogP contribution is -2.35. The van der Waals surface area contributed by atoms with Crippen LogP contribution < -0.4 is 0 Å². The lowest BCUT2D eigenvalue weighted by molar-refractivity contribution is -0.134. The van der Waals surface area contributed by atoms with Crippen molar-refractivity contribution in [1.29, 1.82) is 0 Å². The van der Waals surface area contributed by atoms with Crippen LogP contribution in [0, 0.1) is 0 Å². The summed E-state index contributed by atoms with van der Waals surface area (Å²) < 4.78 is 1.97. The minimum atomic E-state index is 0.241. The van der Waals surface area contributed by atoms with E-state index in [9.17, 15) is 4.79 Å². The molecule has 5 nitrogen and oxygen atoms in total. The standard InChI is InChI=1S/C19H26N4O/c1-15(2)23-18(14-22-13-7-6-10-19(22)24)20-17(21-23)12-11-16-8-4-3-5-9-16/h3-5,8-9,15H,6-7,10-14H2,1-2H3. The molecule has 1 aliphatic rings. The molecule has 5 heteroatoms. The van der Waals surface area contributed by atoms with Gasteiger partial charge in [-0.15, -0.1) is 0 Å². The van der Waals surface area contributed by atoms with E-state index in [1.165, 1.54) is 5.56 Å². The van der Waals surface area contributed by atoms with Crippen molar-refractivity contribution in [2.24, 2.45) is 0 Å². The smallest absolute Gasteiger partial charge is 0.222 e. The zero-order valence-electron chi connectivity index (χ0n) is 14.6. The largest absolute Gasteiger partial charge is 0.335 e. The second-order valence-corrected chi connectivity index (χ2v) is 6.74. The Labute approximate surface area is 143 Å². The third kappa shape index (κ3) is 4.02. The molecule has 24 heavy (non-hydrogen) atoms. The molecule has 2 heterocycles. The van der Waals surface area contributed by atoms with Crippen molar-refractivity contribution in [2.45, 2.75) is 58.5 Å². The first kappa shape index (κ1) is 16.7. The number of carbonyl (C=O) groups is 1. The van der Waals surface area contributed by atoms with Gasteiger partial charge in [-0.25, -0.2) is 9.67 Å². The zero-order chi connectivity index (χ0) is 16.9. The molecule has 1 fully saturated rings. The molecule has 1 aromatic carbocycles. The van der Waals surface area contributed by atoms with Gasteiger partial charge in [0.1, 0.15) is 5.82 Å². The van der Waals surface area contributed by atoms with Crippen molar-refractivity contribution in [3.05, 3.63) is 47.5 Å². The van der Waals surface area contributed by atoms with Crippen LogP contribution in [0.1, 0.15) is 56.4 Å². The monoisotopic (exact) mass is 326 g/mol. The number of hydrogen-bond donors (Lipinski definition) is 0. The van der Waals surface area contributed by atoms with Crippen LogP contribution in [0.25, 0.3) is 0 Å². The summed E-state index contributed by atoms with van der Waals surface area (Å²) in [5, 5.41) is 4.68. The Balaban J connectivity index is 1.71. The molecule has 0 bridgehead atoms. The van der Waals surface area contributed by atoms with Gasteiger partial charge in [-0.2, -0.15) is 5.10 Å². The summed E-state index contributed by atoms with van der Waals surface area (Å²) in [5.41, 5.74) is 1.30. The van der Waals surface area contributed by atoms with Gasteiger partial charge >= 0.3 is 0 Å². The highest BCUT2D eigenvalue weighted by atomic mass is 16.2. The average molecular weight is 326 g/mol. The molecular formula is C19H26N4O. The average Bonchev–Trinajstić information content (AvgIpc) is 2.99. The van der Waals surface area contributed by atoms with Crippen molar-refractivity contribution in [1.82, 2.24) is 19.7 Å². The Morgan fingerprint density at radius 1 is 1.12 bits per heavy atom. The molecule has 0 spiro atoms. The number of aromatic nitrogens is 3. The first-order chi connectivity index (χ1) is 11.6. The van der Waals surface area contributed by atoms with E-state index in [1.807, 2.05) is 15.6 Å². The molecule has 1 amide bonds. The maximum absolute atomic E-state index is 12.1. The second-order valence-electron chi connectivity index (χ2n) is 6.74. The molecule has 0 radical (unpaired) electrons. The van der Waals surface area contributed by atoms with E-state index < -0.39 is 0 Å². The molecule has 0 unspecified atom stereocenters. The van der Waals surface area contributed by atoms with Crippen molar-refractivity contribution in [2.75, 3.05) is 6.54 Å². The topological polar surface area (TPSA) is 51.0 Å². The number of aryl methyl sites for hydroxylation is 2. The zero-order valence-corrected chi connectivity index (χ0v) is 14.6. The van der Waals surface area contributed by atoms with Crippen LogP contribution in [-0.2, 0) is 24.2 Å². The number of piperidine rings is 1. The molecule has 0 aliphatic carbocycles. The number of amides is 1. The summed E-state index contributed by atoms with van der Waals surface area (Å²) in [6.45, 7) is 5.63. The highest BCUT2D eigenvalue weighted by Gasteiger charge is 2.22. The van der Waals surface area contributed by atoms with Gasteiger partial charge in [-0.3, -0.25) is 4.79 Å². The minimum absolute atomic E-state index is 0.241. The second kappa shape index (κ2) is 7.60. The van der Waals surface area contributed by atoms with Gasteiger partial charge in [-0.05, 0) is 38.7 Å². The van der Waals surface area contributed by atoms with E-state index in [4.69, 9.17) is 4.98 Å². The Hall–Kier alpha value is -2.17. The van der Waals surface area contributed by atoms with Gasteiger partial charge in [0.15, 0.2) is 5.82 Å². The minimum Gasteiger partial charge on any atom is -0.335 e. The first-order valence-electron chi connectivity index (χ1n) is 8.89. The Kier molecular flexibility index (Phi) is 5.28. The fourth-order valence-electron chi connectivity index (χ4n) is 3.13. The van der Waals surface area contributed by atoms with Gasteiger partial charge < -0.3 is 4.90 Å². The predicted octanol–water partition coefficient (Wildman–Crippen LogP) is 3.16. The molecule has 3 rings (SSSR count). The fourth-order valence-corrected chi connectivity index (χ4v) is 3.13. The molecule has 1 aliphatic heterocycles. The quantitative estimate of drug-likeness (QED) is 0.819. The third-order valence-corrected chi connectivity index (χ3v) is 4.47. The van der Waals surface area contributed by atoms with E-state index in [0.717, 1.165) is 43.9 Å². The van der Waals surface area contributed by atoms with Crippen LogP contribution in [0.4, 0.5) is 0 Å². The molecule has 0 atom stereocenters. The lowest BCUT2D eigenvalue weighted by Gasteiger charge is -2.26. The van der Waals surface area contributed by atoms with Crippen molar-refractivity contribution < 1.29 is 4.79 Å². The summed E-state index contributed by atoms with van der Waals surface area (Å²) in [7, 11) is 0. The number of nitrogens with zero attached hydrogens (tertiary/aromatic N) is 4. The number of hydrogen-bond acceptors (Lipinski definition) is 3. The maximum Gasteiger partial charge on any atom is 0.222 e. The Bertz CT molecular complexity index is 678. The summed E-state index contributed by atoms with van der Waals surface area (Å²) in [4.78, 5) is 18.7. The number of carbonyl (C=O) groups excluding carboxylic acids is 1. The first-order valence-corrected chi connectivity index (χ1v) is 8.89. The van der Waals surface area contributed by atoms with Crippen LogP contribution in [-0.4, -0.2) is 32.1 Å².